The molecule has 0 saturated carbocycles. The largest absolute Gasteiger partial charge is 0.309 e. The van der Waals surface area contributed by atoms with E-state index < -0.39 is 5.41 Å². The van der Waals surface area contributed by atoms with Gasteiger partial charge in [0.15, 0.2) is 0 Å². The van der Waals surface area contributed by atoms with Gasteiger partial charge in [-0.1, -0.05) is 167 Å². The Bertz CT molecular complexity index is 2770. The van der Waals surface area contributed by atoms with Crippen molar-refractivity contribution in [3.63, 3.8) is 0 Å². The summed E-state index contributed by atoms with van der Waals surface area (Å²) in [5.41, 5.74) is 19.5. The number of aromatic nitrogens is 1. The van der Waals surface area contributed by atoms with E-state index in [0.29, 0.717) is 0 Å². The predicted molar refractivity (Wildman–Crippen MR) is 208 cm³/mol. The van der Waals surface area contributed by atoms with Crippen molar-refractivity contribution in [3.05, 3.63) is 196 Å². The monoisotopic (exact) mass is 639 g/mol. The van der Waals surface area contributed by atoms with Crippen molar-refractivity contribution < 1.29 is 0 Å². The Kier molecular flexibility index (Phi) is 5.25. The lowest BCUT2D eigenvalue weighted by Gasteiger charge is -2.50. The third-order valence-corrected chi connectivity index (χ3v) is 12.6. The highest BCUT2D eigenvalue weighted by atomic mass is 15.0. The fraction of sp³-hybridized carbons (Fsp3) is 0.143. The molecule has 7 aromatic carbocycles. The first-order chi connectivity index (χ1) is 24.4. The summed E-state index contributed by atoms with van der Waals surface area (Å²) in [6.45, 7) is 9.67. The summed E-state index contributed by atoms with van der Waals surface area (Å²) in [6.07, 6.45) is 0. The average molecular weight is 640 g/mol. The van der Waals surface area contributed by atoms with Crippen molar-refractivity contribution in [1.82, 2.24) is 4.57 Å². The molecule has 2 aliphatic carbocycles. The Labute approximate surface area is 293 Å². The van der Waals surface area contributed by atoms with E-state index in [2.05, 4.69) is 184 Å². The number of rotatable bonds is 1. The Morgan fingerprint density at radius 3 is 1.78 bits per heavy atom. The van der Waals surface area contributed by atoms with Crippen LogP contribution < -0.4 is 0 Å². The van der Waals surface area contributed by atoms with Crippen LogP contribution in [0.4, 0.5) is 0 Å². The van der Waals surface area contributed by atoms with E-state index in [0.717, 1.165) is 0 Å². The first kappa shape index (κ1) is 28.2. The van der Waals surface area contributed by atoms with Gasteiger partial charge in [0.1, 0.15) is 0 Å². The minimum atomic E-state index is -0.507. The van der Waals surface area contributed by atoms with E-state index in [1.165, 1.54) is 94.3 Å². The first-order valence-electron chi connectivity index (χ1n) is 18.0. The van der Waals surface area contributed by atoms with Crippen molar-refractivity contribution >= 4 is 21.8 Å². The third kappa shape index (κ3) is 3.12. The van der Waals surface area contributed by atoms with E-state index in [-0.39, 0.29) is 10.8 Å². The summed E-state index contributed by atoms with van der Waals surface area (Å²) in [6, 6.07) is 57.7. The van der Waals surface area contributed by atoms with Gasteiger partial charge in [-0.2, -0.15) is 0 Å². The molecule has 1 aliphatic heterocycles. The molecule has 2 heterocycles. The van der Waals surface area contributed by atoms with E-state index >= 15 is 0 Å². The zero-order chi connectivity index (χ0) is 33.6. The number of nitrogens with zero attached hydrogens (tertiary/aromatic N) is 1. The number of fused-ring (bicyclic) bond motifs is 14. The fourth-order valence-electron chi connectivity index (χ4n) is 10.7. The summed E-state index contributed by atoms with van der Waals surface area (Å²) in [4.78, 5) is 0. The van der Waals surface area contributed by atoms with E-state index in [9.17, 15) is 0 Å². The molecule has 3 aliphatic rings. The highest BCUT2D eigenvalue weighted by Crippen LogP contribution is 2.62. The molecule has 8 aromatic rings. The SMILES string of the molecule is CC1(C)c2ccccc2-c2c(-c3cccc4c3C(C)(C)c3ccccc3C43c4ccccc4-n4c5ccccc5c5cccc3c54)cccc21. The maximum absolute atomic E-state index is 2.54. The minimum absolute atomic E-state index is 0.0640. The van der Waals surface area contributed by atoms with E-state index in [4.69, 9.17) is 0 Å². The van der Waals surface area contributed by atoms with Crippen molar-refractivity contribution in [2.45, 2.75) is 43.9 Å². The maximum Gasteiger partial charge on any atom is 0.0748 e. The van der Waals surface area contributed by atoms with Crippen molar-refractivity contribution in [2.24, 2.45) is 0 Å². The Morgan fingerprint density at radius 1 is 0.380 bits per heavy atom. The van der Waals surface area contributed by atoms with Gasteiger partial charge in [0.25, 0.3) is 0 Å². The maximum atomic E-state index is 2.54. The van der Waals surface area contributed by atoms with Gasteiger partial charge >= 0.3 is 0 Å². The summed E-state index contributed by atoms with van der Waals surface area (Å²) < 4.78 is 2.54. The fourth-order valence-corrected chi connectivity index (χ4v) is 10.7. The third-order valence-electron chi connectivity index (χ3n) is 12.6. The smallest absolute Gasteiger partial charge is 0.0748 e. The van der Waals surface area contributed by atoms with Crippen LogP contribution in [0.25, 0.3) is 49.7 Å². The minimum Gasteiger partial charge on any atom is -0.309 e. The van der Waals surface area contributed by atoms with Crippen molar-refractivity contribution in [2.75, 3.05) is 0 Å². The van der Waals surface area contributed by atoms with Crippen molar-refractivity contribution in [1.29, 1.82) is 0 Å². The summed E-state index contributed by atoms with van der Waals surface area (Å²) in [5.74, 6) is 0. The van der Waals surface area contributed by atoms with E-state index in [1.807, 2.05) is 0 Å². The Balaban J connectivity index is 1.34. The zero-order valence-corrected chi connectivity index (χ0v) is 28.9. The van der Waals surface area contributed by atoms with Crippen LogP contribution in [0.3, 0.4) is 0 Å². The molecule has 1 unspecified atom stereocenters. The average Bonchev–Trinajstić information content (AvgIpc) is 3.61. The van der Waals surface area contributed by atoms with Crippen LogP contribution in [-0.4, -0.2) is 4.57 Å². The van der Waals surface area contributed by atoms with Gasteiger partial charge in [-0.25, -0.2) is 0 Å². The van der Waals surface area contributed by atoms with Gasteiger partial charge in [0.2, 0.25) is 0 Å². The standard InChI is InChI=1S/C49H37N/c1-47(2)35-21-7-5-17-34(35)44-31(18-13-25-39(44)47)32-19-14-26-40-45(32)48(3,4)36-22-8-9-23-37(36)49(40)38-24-10-12-29-43(38)50-42-28-11-6-16-30(42)33-20-15-27-41(49)46(33)50/h5-29H,1-4H3. The Hall–Kier alpha value is -5.66. The van der Waals surface area contributed by atoms with Crippen LogP contribution in [0, 0.1) is 0 Å². The second-order valence-corrected chi connectivity index (χ2v) is 15.6. The molecule has 0 amide bonds. The molecule has 1 nitrogen and oxygen atoms in total. The summed E-state index contributed by atoms with van der Waals surface area (Å²) in [5, 5.41) is 2.61. The molecule has 0 bridgehead atoms. The van der Waals surface area contributed by atoms with E-state index in [1.54, 1.807) is 0 Å². The highest BCUT2D eigenvalue weighted by Gasteiger charge is 2.53. The molecule has 1 spiro atoms. The molecule has 238 valence electrons. The molecule has 50 heavy (non-hydrogen) atoms. The molecule has 0 fully saturated rings. The van der Waals surface area contributed by atoms with Crippen LogP contribution >= 0.6 is 0 Å². The second-order valence-electron chi connectivity index (χ2n) is 15.6. The molecular formula is C49H37N. The van der Waals surface area contributed by atoms with Crippen LogP contribution in [0.5, 0.6) is 0 Å². The van der Waals surface area contributed by atoms with Gasteiger partial charge in [-0.15, -0.1) is 0 Å². The van der Waals surface area contributed by atoms with Gasteiger partial charge in [-0.3, -0.25) is 0 Å². The lowest BCUT2D eigenvalue weighted by atomic mass is 9.52. The van der Waals surface area contributed by atoms with Crippen LogP contribution in [0.1, 0.15) is 72.2 Å². The van der Waals surface area contributed by atoms with Gasteiger partial charge in [0, 0.05) is 21.6 Å². The Morgan fingerprint density at radius 2 is 0.940 bits per heavy atom. The number of para-hydroxylation sites is 3. The lowest BCUT2D eigenvalue weighted by Crippen LogP contribution is -2.44. The molecule has 1 aromatic heterocycles. The summed E-state index contributed by atoms with van der Waals surface area (Å²) >= 11 is 0. The topological polar surface area (TPSA) is 4.93 Å². The van der Waals surface area contributed by atoms with Crippen molar-refractivity contribution in [3.8, 4) is 27.9 Å². The summed E-state index contributed by atoms with van der Waals surface area (Å²) in [7, 11) is 0. The number of benzene rings is 7. The number of hydrogen-bond donors (Lipinski definition) is 0. The van der Waals surface area contributed by atoms with Gasteiger partial charge in [0.05, 0.1) is 22.1 Å². The molecule has 1 heteroatoms. The molecule has 0 saturated heterocycles. The predicted octanol–water partition coefficient (Wildman–Crippen LogP) is 12.1. The first-order valence-corrected chi connectivity index (χ1v) is 18.0. The molecule has 0 N–H and O–H groups in total. The van der Waals surface area contributed by atoms with Crippen LogP contribution in [0.15, 0.2) is 152 Å². The molecule has 1 atom stereocenters. The highest BCUT2D eigenvalue weighted by molar-refractivity contribution is 6.12. The second kappa shape index (κ2) is 9.31. The zero-order valence-electron chi connectivity index (χ0n) is 28.9. The molecule has 0 radical (unpaired) electrons. The lowest BCUT2D eigenvalue weighted by molar-refractivity contribution is 0.558. The quantitative estimate of drug-likeness (QED) is 0.168. The van der Waals surface area contributed by atoms with Crippen LogP contribution in [0.2, 0.25) is 0 Å². The van der Waals surface area contributed by atoms with Gasteiger partial charge in [-0.05, 0) is 78.9 Å². The molecular weight excluding hydrogens is 603 g/mol. The normalized spacial score (nSPS) is 18.4. The molecule has 11 rings (SSSR count). The van der Waals surface area contributed by atoms with Crippen LogP contribution in [-0.2, 0) is 16.2 Å². The number of hydrogen-bond acceptors (Lipinski definition) is 0. The van der Waals surface area contributed by atoms with Gasteiger partial charge < -0.3 is 4.57 Å².